The maximum atomic E-state index is 3.73. The summed E-state index contributed by atoms with van der Waals surface area (Å²) in [7, 11) is 0. The Labute approximate surface area is 115 Å². The van der Waals surface area contributed by atoms with Crippen molar-refractivity contribution in [1.29, 1.82) is 0 Å². The summed E-state index contributed by atoms with van der Waals surface area (Å²) in [6.07, 6.45) is 9.47. The molecule has 0 saturated carbocycles. The largest absolute Gasteiger partial charge is 0.310 e. The second kappa shape index (κ2) is 8.16. The van der Waals surface area contributed by atoms with Gasteiger partial charge < -0.3 is 5.32 Å². The second-order valence-electron chi connectivity index (χ2n) is 6.36. The van der Waals surface area contributed by atoms with Crippen LogP contribution in [0.1, 0.15) is 72.6 Å². The summed E-state index contributed by atoms with van der Waals surface area (Å²) in [5.74, 6) is 0. The van der Waals surface area contributed by atoms with Crippen molar-refractivity contribution in [3.05, 3.63) is 0 Å². The number of hydrogen-bond donors (Lipinski definition) is 1. The zero-order valence-electron chi connectivity index (χ0n) is 13.1. The van der Waals surface area contributed by atoms with Crippen LogP contribution in [0.3, 0.4) is 0 Å². The molecule has 0 aromatic rings. The molecule has 0 radical (unpaired) electrons. The summed E-state index contributed by atoms with van der Waals surface area (Å²) in [5, 5.41) is 3.73. The van der Waals surface area contributed by atoms with Gasteiger partial charge in [-0.05, 0) is 46.2 Å². The van der Waals surface area contributed by atoms with Crippen LogP contribution in [0.25, 0.3) is 0 Å². The molecular weight excluding hydrogens is 220 g/mol. The molecule has 1 saturated heterocycles. The molecule has 0 aromatic heterocycles. The third-order valence-corrected chi connectivity index (χ3v) is 4.61. The van der Waals surface area contributed by atoms with E-state index in [-0.39, 0.29) is 0 Å². The van der Waals surface area contributed by atoms with Crippen LogP contribution in [-0.2, 0) is 0 Å². The molecule has 0 bridgehead atoms. The smallest absolute Gasteiger partial charge is 0.0277 e. The minimum absolute atomic E-state index is 0.328. The van der Waals surface area contributed by atoms with Crippen molar-refractivity contribution in [1.82, 2.24) is 10.2 Å². The minimum atomic E-state index is 0.328. The van der Waals surface area contributed by atoms with Crippen LogP contribution < -0.4 is 5.32 Å². The first-order chi connectivity index (χ1) is 8.61. The van der Waals surface area contributed by atoms with Gasteiger partial charge in [-0.25, -0.2) is 0 Å². The molecule has 1 aliphatic rings. The van der Waals surface area contributed by atoms with Gasteiger partial charge in [-0.2, -0.15) is 0 Å². The van der Waals surface area contributed by atoms with Gasteiger partial charge in [0.25, 0.3) is 0 Å². The standard InChI is InChI=1S/C16H34N2/c1-5-7-8-9-11-15(3)18-13-10-12-17-16(4,6-2)14-18/h15,17H,5-14H2,1-4H3. The van der Waals surface area contributed by atoms with E-state index in [9.17, 15) is 0 Å². The summed E-state index contributed by atoms with van der Waals surface area (Å²) in [5.41, 5.74) is 0.328. The first-order valence-corrected chi connectivity index (χ1v) is 8.10. The van der Waals surface area contributed by atoms with Crippen LogP contribution in [0.15, 0.2) is 0 Å². The van der Waals surface area contributed by atoms with Gasteiger partial charge in [0.05, 0.1) is 0 Å². The Bertz CT molecular complexity index is 217. The van der Waals surface area contributed by atoms with E-state index in [1.807, 2.05) is 0 Å². The zero-order chi connectivity index (χ0) is 13.4. The normalized spacial score (nSPS) is 28.0. The number of nitrogens with one attached hydrogen (secondary N) is 1. The van der Waals surface area contributed by atoms with Crippen LogP contribution in [0.5, 0.6) is 0 Å². The van der Waals surface area contributed by atoms with Crippen LogP contribution in [-0.4, -0.2) is 36.1 Å². The fourth-order valence-corrected chi connectivity index (χ4v) is 2.92. The average molecular weight is 254 g/mol. The SMILES string of the molecule is CCCCCCC(C)N1CCCNC(C)(CC)C1. The molecule has 0 amide bonds. The Hall–Kier alpha value is -0.0800. The van der Waals surface area contributed by atoms with Crippen LogP contribution in [0, 0.1) is 0 Å². The highest BCUT2D eigenvalue weighted by Gasteiger charge is 2.28. The van der Waals surface area contributed by atoms with Crippen LogP contribution in [0.2, 0.25) is 0 Å². The quantitative estimate of drug-likeness (QED) is 0.695. The van der Waals surface area contributed by atoms with Gasteiger partial charge in [0.1, 0.15) is 0 Å². The van der Waals surface area contributed by atoms with E-state index >= 15 is 0 Å². The molecule has 1 aliphatic heterocycles. The molecule has 2 heteroatoms. The highest BCUT2D eigenvalue weighted by atomic mass is 15.2. The second-order valence-corrected chi connectivity index (χ2v) is 6.36. The molecule has 1 fully saturated rings. The Balaban J connectivity index is 2.37. The van der Waals surface area contributed by atoms with Gasteiger partial charge in [-0.15, -0.1) is 0 Å². The van der Waals surface area contributed by atoms with Crippen LogP contribution in [0.4, 0.5) is 0 Å². The fraction of sp³-hybridized carbons (Fsp3) is 1.00. The lowest BCUT2D eigenvalue weighted by atomic mass is 9.97. The highest BCUT2D eigenvalue weighted by molar-refractivity contribution is 4.89. The van der Waals surface area contributed by atoms with Crippen LogP contribution >= 0.6 is 0 Å². The van der Waals surface area contributed by atoms with Crippen molar-refractivity contribution in [2.24, 2.45) is 0 Å². The molecule has 1 rings (SSSR count). The topological polar surface area (TPSA) is 15.3 Å². The number of hydrogen-bond acceptors (Lipinski definition) is 2. The predicted octanol–water partition coefficient (Wildman–Crippen LogP) is 3.81. The molecule has 18 heavy (non-hydrogen) atoms. The maximum absolute atomic E-state index is 3.73. The average Bonchev–Trinajstić information content (AvgIpc) is 2.57. The summed E-state index contributed by atoms with van der Waals surface area (Å²) in [6.45, 7) is 13.1. The van der Waals surface area contributed by atoms with E-state index in [0.29, 0.717) is 5.54 Å². The lowest BCUT2D eigenvalue weighted by Gasteiger charge is -2.36. The summed E-state index contributed by atoms with van der Waals surface area (Å²) in [6, 6.07) is 0.757. The van der Waals surface area contributed by atoms with E-state index in [0.717, 1.165) is 6.04 Å². The maximum Gasteiger partial charge on any atom is 0.0277 e. The Morgan fingerprint density at radius 1 is 1.22 bits per heavy atom. The molecule has 2 atom stereocenters. The fourth-order valence-electron chi connectivity index (χ4n) is 2.92. The molecule has 0 spiro atoms. The van der Waals surface area contributed by atoms with E-state index in [4.69, 9.17) is 0 Å². The first kappa shape index (κ1) is 16.0. The lowest BCUT2D eigenvalue weighted by Crippen LogP contribution is -2.50. The monoisotopic (exact) mass is 254 g/mol. The lowest BCUT2D eigenvalue weighted by molar-refractivity contribution is 0.160. The molecular formula is C16H34N2. The van der Waals surface area contributed by atoms with Gasteiger partial charge in [0.15, 0.2) is 0 Å². The van der Waals surface area contributed by atoms with Gasteiger partial charge in [-0.1, -0.05) is 39.5 Å². The van der Waals surface area contributed by atoms with E-state index in [1.165, 1.54) is 64.6 Å². The molecule has 0 aromatic carbocycles. The number of nitrogens with zero attached hydrogens (tertiary/aromatic N) is 1. The van der Waals surface area contributed by atoms with E-state index in [1.54, 1.807) is 0 Å². The number of rotatable bonds is 7. The third kappa shape index (κ3) is 5.27. The Morgan fingerprint density at radius 2 is 2.00 bits per heavy atom. The van der Waals surface area contributed by atoms with Crippen molar-refractivity contribution in [2.45, 2.75) is 84.2 Å². The van der Waals surface area contributed by atoms with Gasteiger partial charge >= 0.3 is 0 Å². The Kier molecular flexibility index (Phi) is 7.25. The third-order valence-electron chi connectivity index (χ3n) is 4.61. The molecule has 108 valence electrons. The predicted molar refractivity (Wildman–Crippen MR) is 81.1 cm³/mol. The van der Waals surface area contributed by atoms with Crippen molar-refractivity contribution in [3.8, 4) is 0 Å². The molecule has 1 N–H and O–H groups in total. The van der Waals surface area contributed by atoms with Gasteiger partial charge in [0, 0.05) is 18.1 Å². The minimum Gasteiger partial charge on any atom is -0.310 e. The summed E-state index contributed by atoms with van der Waals surface area (Å²) >= 11 is 0. The van der Waals surface area contributed by atoms with Gasteiger partial charge in [-0.3, -0.25) is 4.90 Å². The Morgan fingerprint density at radius 3 is 2.67 bits per heavy atom. The van der Waals surface area contributed by atoms with Gasteiger partial charge in [0.2, 0.25) is 0 Å². The zero-order valence-corrected chi connectivity index (χ0v) is 13.1. The van der Waals surface area contributed by atoms with Crippen molar-refractivity contribution < 1.29 is 0 Å². The van der Waals surface area contributed by atoms with Crippen molar-refractivity contribution in [2.75, 3.05) is 19.6 Å². The van der Waals surface area contributed by atoms with E-state index in [2.05, 4.69) is 37.9 Å². The van der Waals surface area contributed by atoms with Crippen molar-refractivity contribution in [3.63, 3.8) is 0 Å². The summed E-state index contributed by atoms with van der Waals surface area (Å²) in [4.78, 5) is 2.72. The molecule has 2 unspecified atom stereocenters. The molecule has 0 aliphatic carbocycles. The molecule has 1 heterocycles. The van der Waals surface area contributed by atoms with Crippen molar-refractivity contribution >= 4 is 0 Å². The summed E-state index contributed by atoms with van der Waals surface area (Å²) < 4.78 is 0. The number of unbranched alkanes of at least 4 members (excludes halogenated alkanes) is 3. The van der Waals surface area contributed by atoms with E-state index < -0.39 is 0 Å². The first-order valence-electron chi connectivity index (χ1n) is 8.10. The highest BCUT2D eigenvalue weighted by Crippen LogP contribution is 2.19. The molecule has 2 nitrogen and oxygen atoms in total.